The zero-order valence-electron chi connectivity index (χ0n) is 40.9. The molecule has 0 amide bonds. The Labute approximate surface area is 374 Å². The summed E-state index contributed by atoms with van der Waals surface area (Å²) >= 11 is 0. The van der Waals surface area contributed by atoms with E-state index < -0.39 is 23.1 Å². The lowest BCUT2D eigenvalue weighted by Gasteiger charge is -2.15. The van der Waals surface area contributed by atoms with Gasteiger partial charge < -0.3 is 10.2 Å². The molecule has 0 aromatic rings. The number of Topliss-reactive ketones (excluding diaryl/α,β-unsaturated/α-hetero) is 2. The van der Waals surface area contributed by atoms with E-state index in [4.69, 9.17) is 0 Å². The van der Waals surface area contributed by atoms with Gasteiger partial charge >= 0.3 is 0 Å². The lowest BCUT2D eigenvalue weighted by molar-refractivity contribution is -0.120. The Hall–Kier alpha value is -4.18. The number of hydrogen-bond donors (Lipinski definition) is 2. The Bertz CT molecular complexity index is 1810. The molecule has 1 rings (SSSR count). The van der Waals surface area contributed by atoms with Crippen molar-refractivity contribution in [3.8, 4) is 0 Å². The topological polar surface area (TPSA) is 74.6 Å². The summed E-state index contributed by atoms with van der Waals surface area (Å²) in [4.78, 5) is 24.4. The summed E-state index contributed by atoms with van der Waals surface area (Å²) in [5.41, 5.74) is 14.8. The maximum Gasteiger partial charge on any atom is 0.228 e. The molecule has 0 radical (unpaired) electrons. The predicted molar refractivity (Wildman–Crippen MR) is 266 cm³/mol. The van der Waals surface area contributed by atoms with Gasteiger partial charge in [0.15, 0.2) is 0 Å². The minimum absolute atomic E-state index is 0.197. The standard InChI is InChI=1S/C57H86O4/c1-42(2)22-13-23-43(3)24-14-25-44(4)26-15-27-45(5)28-16-29-46(6)30-17-31-47(7)32-18-33-48(8)34-19-35-49(9)36-20-37-50(10)38-21-39-51(11)40-41-53-52(12)54(58)56(60)57(61)55(53)59/h22,24,26,28,30,32,34,36,38,40,60-61H,13-21,23,25,27,29,31,33,35,37,39,41H2,1-12H3/b43-24+,44-26+,45-28+,46-30+,47-32+,48-34+,49-36+,50-38+,51-40+. The molecular formula is C57H86O4. The van der Waals surface area contributed by atoms with Crippen LogP contribution in [0.3, 0.4) is 0 Å². The van der Waals surface area contributed by atoms with Crippen molar-refractivity contribution in [3.63, 3.8) is 0 Å². The van der Waals surface area contributed by atoms with Gasteiger partial charge in [0.2, 0.25) is 23.1 Å². The van der Waals surface area contributed by atoms with E-state index in [1.807, 2.05) is 13.0 Å². The van der Waals surface area contributed by atoms with E-state index >= 15 is 0 Å². The number of carbonyl (C=O) groups is 2. The molecule has 0 fully saturated rings. The monoisotopic (exact) mass is 835 g/mol. The lowest BCUT2D eigenvalue weighted by Crippen LogP contribution is -2.22. The van der Waals surface area contributed by atoms with Gasteiger partial charge in [0.05, 0.1) is 0 Å². The van der Waals surface area contributed by atoms with Crippen molar-refractivity contribution in [1.29, 1.82) is 0 Å². The van der Waals surface area contributed by atoms with Gasteiger partial charge in [-0.2, -0.15) is 0 Å². The highest BCUT2D eigenvalue weighted by Gasteiger charge is 2.31. The first-order valence-electron chi connectivity index (χ1n) is 23.4. The fourth-order valence-corrected chi connectivity index (χ4v) is 7.24. The second-order valence-corrected chi connectivity index (χ2v) is 18.2. The van der Waals surface area contributed by atoms with Crippen molar-refractivity contribution in [2.75, 3.05) is 0 Å². The number of ketones is 2. The van der Waals surface area contributed by atoms with Gasteiger partial charge in [0, 0.05) is 11.1 Å². The lowest BCUT2D eigenvalue weighted by atomic mass is 9.90. The molecule has 0 heterocycles. The number of carbonyl (C=O) groups excluding carboxylic acids is 2. The van der Waals surface area contributed by atoms with Crippen LogP contribution in [0, 0.1) is 0 Å². The molecular weight excluding hydrogens is 749 g/mol. The number of aliphatic hydroxyl groups is 2. The van der Waals surface area contributed by atoms with E-state index in [0.717, 1.165) is 108 Å². The van der Waals surface area contributed by atoms with Crippen molar-refractivity contribution in [2.24, 2.45) is 0 Å². The number of hydrogen-bond acceptors (Lipinski definition) is 4. The van der Waals surface area contributed by atoms with Crippen LogP contribution in [-0.4, -0.2) is 21.8 Å². The summed E-state index contributed by atoms with van der Waals surface area (Å²) in [7, 11) is 0. The van der Waals surface area contributed by atoms with Gasteiger partial charge in [-0.15, -0.1) is 0 Å². The minimum Gasteiger partial charge on any atom is -0.501 e. The molecule has 0 bridgehead atoms. The summed E-state index contributed by atoms with van der Waals surface area (Å²) in [6.45, 7) is 26.0. The average Bonchev–Trinajstić information content (AvgIpc) is 3.19. The molecule has 2 N–H and O–H groups in total. The Kier molecular flexibility index (Phi) is 28.4. The first-order valence-corrected chi connectivity index (χ1v) is 23.4. The predicted octanol–water partition coefficient (Wildman–Crippen LogP) is 17.7. The van der Waals surface area contributed by atoms with Crippen molar-refractivity contribution in [1.82, 2.24) is 0 Å². The average molecular weight is 835 g/mol. The minimum atomic E-state index is -0.857. The highest BCUT2D eigenvalue weighted by molar-refractivity contribution is 6.23. The molecule has 0 aromatic heterocycles. The normalized spacial score (nSPS) is 16.1. The van der Waals surface area contributed by atoms with Gasteiger partial charge in [0.1, 0.15) is 0 Å². The summed E-state index contributed by atoms with van der Waals surface area (Å²) in [6.07, 6.45) is 43.7. The van der Waals surface area contributed by atoms with E-state index in [9.17, 15) is 19.8 Å². The first kappa shape index (κ1) is 54.8. The molecule has 0 aromatic carbocycles. The van der Waals surface area contributed by atoms with E-state index in [0.29, 0.717) is 0 Å². The maximum absolute atomic E-state index is 12.3. The van der Waals surface area contributed by atoms with Gasteiger partial charge in [-0.1, -0.05) is 116 Å². The van der Waals surface area contributed by atoms with Crippen LogP contribution in [0.4, 0.5) is 0 Å². The largest absolute Gasteiger partial charge is 0.501 e. The fourth-order valence-electron chi connectivity index (χ4n) is 7.24. The molecule has 61 heavy (non-hydrogen) atoms. The molecule has 1 aliphatic rings. The van der Waals surface area contributed by atoms with Crippen LogP contribution in [-0.2, 0) is 9.59 Å². The van der Waals surface area contributed by atoms with Crippen LogP contribution in [0.15, 0.2) is 139 Å². The molecule has 0 unspecified atom stereocenters. The molecule has 0 spiro atoms. The quantitative estimate of drug-likeness (QED) is 0.0581. The number of allylic oxidation sites excluding steroid dienone is 22. The van der Waals surface area contributed by atoms with Crippen LogP contribution < -0.4 is 0 Å². The SMILES string of the molecule is CC(C)=CCC/C(C)=C/CC/C(C)=C/CC/C(C)=C/CC/C(C)=C/CC/C(C)=C/CC/C(C)=C/CC/C(C)=C/CC/C(C)=C/CC/C(C)=C/CC1=C(C)C(=O)C(O)=C(O)C1=O. The fraction of sp³-hybridized carbons (Fsp3) is 0.544. The molecule has 4 nitrogen and oxygen atoms in total. The zero-order valence-corrected chi connectivity index (χ0v) is 40.9. The van der Waals surface area contributed by atoms with E-state index in [1.165, 1.54) is 69.9 Å². The third-order valence-corrected chi connectivity index (χ3v) is 11.7. The summed E-state index contributed by atoms with van der Waals surface area (Å²) in [5.74, 6) is -3.06. The number of rotatable bonds is 29. The Morgan fingerprint density at radius 2 is 0.557 bits per heavy atom. The van der Waals surface area contributed by atoms with Crippen molar-refractivity contribution < 1.29 is 19.8 Å². The molecule has 0 aliphatic heterocycles. The summed E-state index contributed by atoms with van der Waals surface area (Å²) in [5, 5.41) is 19.4. The molecule has 0 atom stereocenters. The van der Waals surface area contributed by atoms with Crippen molar-refractivity contribution in [2.45, 2.75) is 205 Å². The summed E-state index contributed by atoms with van der Waals surface area (Å²) < 4.78 is 0. The summed E-state index contributed by atoms with van der Waals surface area (Å²) in [6, 6.07) is 0. The van der Waals surface area contributed by atoms with Crippen LogP contribution in [0.1, 0.15) is 205 Å². The second kappa shape index (κ2) is 31.6. The van der Waals surface area contributed by atoms with Gasteiger partial charge in [-0.3, -0.25) is 9.59 Å². The second-order valence-electron chi connectivity index (χ2n) is 18.2. The van der Waals surface area contributed by atoms with E-state index in [1.54, 1.807) is 0 Å². The first-order chi connectivity index (χ1) is 28.9. The maximum atomic E-state index is 12.3. The molecule has 338 valence electrons. The Morgan fingerprint density at radius 1 is 0.344 bits per heavy atom. The number of aliphatic hydroxyl groups excluding tert-OH is 2. The van der Waals surface area contributed by atoms with Crippen LogP contribution in [0.2, 0.25) is 0 Å². The smallest absolute Gasteiger partial charge is 0.228 e. The van der Waals surface area contributed by atoms with E-state index in [2.05, 4.69) is 124 Å². The Morgan fingerprint density at radius 3 is 0.803 bits per heavy atom. The third-order valence-electron chi connectivity index (χ3n) is 11.7. The van der Waals surface area contributed by atoms with Crippen LogP contribution in [0.25, 0.3) is 0 Å². The van der Waals surface area contributed by atoms with Crippen LogP contribution >= 0.6 is 0 Å². The van der Waals surface area contributed by atoms with Gasteiger partial charge in [-0.25, -0.2) is 0 Å². The van der Waals surface area contributed by atoms with Crippen LogP contribution in [0.5, 0.6) is 0 Å². The van der Waals surface area contributed by atoms with Crippen molar-refractivity contribution in [3.05, 3.63) is 139 Å². The van der Waals surface area contributed by atoms with Gasteiger partial charge in [-0.05, 0) is 205 Å². The van der Waals surface area contributed by atoms with Gasteiger partial charge in [0.25, 0.3) is 0 Å². The highest BCUT2D eigenvalue weighted by atomic mass is 16.3. The molecule has 4 heteroatoms. The molecule has 0 saturated carbocycles. The third kappa shape index (κ3) is 26.0. The molecule has 0 saturated heterocycles. The molecule has 1 aliphatic carbocycles. The van der Waals surface area contributed by atoms with E-state index in [-0.39, 0.29) is 17.6 Å². The Balaban J connectivity index is 2.28. The highest BCUT2D eigenvalue weighted by Crippen LogP contribution is 2.26. The van der Waals surface area contributed by atoms with Crippen molar-refractivity contribution >= 4 is 11.6 Å². The zero-order chi connectivity index (χ0) is 45.7.